The van der Waals surface area contributed by atoms with Crippen molar-refractivity contribution in [2.45, 2.75) is 24.7 Å². The van der Waals surface area contributed by atoms with Crippen molar-refractivity contribution in [1.82, 2.24) is 14.1 Å². The van der Waals surface area contributed by atoms with E-state index in [1.807, 2.05) is 4.90 Å². The number of rotatable bonds is 4. The third-order valence-corrected chi connectivity index (χ3v) is 7.12. The quantitative estimate of drug-likeness (QED) is 0.806. The van der Waals surface area contributed by atoms with E-state index in [1.54, 1.807) is 30.3 Å². The zero-order valence-corrected chi connectivity index (χ0v) is 15.6. The molecule has 0 radical (unpaired) electrons. The van der Waals surface area contributed by atoms with Crippen molar-refractivity contribution in [2.75, 3.05) is 45.8 Å². The second kappa shape index (κ2) is 7.85. The average Bonchev–Trinajstić information content (AvgIpc) is 2.68. The molecule has 1 atom stereocenters. The molecule has 138 valence electrons. The summed E-state index contributed by atoms with van der Waals surface area (Å²) in [7, 11) is -3.52. The summed E-state index contributed by atoms with van der Waals surface area (Å²) < 4.78 is 27.1. The Morgan fingerprint density at radius 2 is 1.76 bits per heavy atom. The first kappa shape index (κ1) is 18.4. The van der Waals surface area contributed by atoms with Crippen molar-refractivity contribution in [2.24, 2.45) is 5.92 Å². The van der Waals surface area contributed by atoms with Gasteiger partial charge in [-0.05, 0) is 31.5 Å². The van der Waals surface area contributed by atoms with E-state index < -0.39 is 10.0 Å². The molecular formula is C18H27N3O3S. The highest BCUT2D eigenvalue weighted by Crippen LogP contribution is 2.25. The van der Waals surface area contributed by atoms with Gasteiger partial charge in [-0.15, -0.1) is 0 Å². The predicted octanol–water partition coefficient (Wildman–Crippen LogP) is 1.25. The molecule has 2 saturated heterocycles. The number of hydrogen-bond donors (Lipinski definition) is 0. The van der Waals surface area contributed by atoms with Crippen LogP contribution in [0.1, 0.15) is 19.8 Å². The topological polar surface area (TPSA) is 60.9 Å². The third-order valence-electron chi connectivity index (χ3n) is 5.25. The molecule has 2 heterocycles. The number of amides is 1. The van der Waals surface area contributed by atoms with Crippen molar-refractivity contribution in [3.8, 4) is 0 Å². The van der Waals surface area contributed by atoms with Crippen LogP contribution in [-0.2, 0) is 14.8 Å². The van der Waals surface area contributed by atoms with Crippen LogP contribution in [0.5, 0.6) is 0 Å². The van der Waals surface area contributed by atoms with E-state index in [1.165, 1.54) is 4.31 Å². The Morgan fingerprint density at radius 1 is 1.08 bits per heavy atom. The van der Waals surface area contributed by atoms with Gasteiger partial charge in [-0.1, -0.05) is 25.1 Å². The van der Waals surface area contributed by atoms with E-state index in [4.69, 9.17) is 0 Å². The van der Waals surface area contributed by atoms with Gasteiger partial charge in [-0.2, -0.15) is 4.31 Å². The Morgan fingerprint density at radius 3 is 2.40 bits per heavy atom. The molecule has 0 unspecified atom stereocenters. The fourth-order valence-electron chi connectivity index (χ4n) is 3.65. The molecule has 0 N–H and O–H groups in total. The van der Waals surface area contributed by atoms with Gasteiger partial charge in [-0.3, -0.25) is 4.79 Å². The zero-order chi connectivity index (χ0) is 17.9. The Balaban J connectivity index is 1.66. The summed E-state index contributed by atoms with van der Waals surface area (Å²) in [6.07, 6.45) is 1.50. The summed E-state index contributed by atoms with van der Waals surface area (Å²) >= 11 is 0. The lowest BCUT2D eigenvalue weighted by molar-refractivity contribution is -0.138. The van der Waals surface area contributed by atoms with E-state index in [0.29, 0.717) is 18.0 Å². The highest BCUT2D eigenvalue weighted by atomic mass is 32.2. The molecule has 2 fully saturated rings. The lowest BCUT2D eigenvalue weighted by Crippen LogP contribution is -2.52. The van der Waals surface area contributed by atoms with E-state index in [0.717, 1.165) is 45.6 Å². The van der Waals surface area contributed by atoms with E-state index in [9.17, 15) is 13.2 Å². The maximum atomic E-state index is 12.8. The normalized spacial score (nSPS) is 23.6. The molecule has 2 aliphatic rings. The minimum Gasteiger partial charge on any atom is -0.340 e. The van der Waals surface area contributed by atoms with Crippen molar-refractivity contribution in [3.05, 3.63) is 30.3 Å². The fraction of sp³-hybridized carbons (Fsp3) is 0.611. The monoisotopic (exact) mass is 365 g/mol. The van der Waals surface area contributed by atoms with Gasteiger partial charge in [0.15, 0.2) is 0 Å². The van der Waals surface area contributed by atoms with E-state index in [-0.39, 0.29) is 11.8 Å². The van der Waals surface area contributed by atoms with Crippen LogP contribution in [0.3, 0.4) is 0 Å². The second-order valence-electron chi connectivity index (χ2n) is 6.77. The van der Waals surface area contributed by atoms with Gasteiger partial charge < -0.3 is 9.80 Å². The number of piperazine rings is 1. The molecule has 1 amide bonds. The Labute approximate surface area is 150 Å². The molecule has 6 nitrogen and oxygen atoms in total. The Bertz CT molecular complexity index is 685. The van der Waals surface area contributed by atoms with Gasteiger partial charge in [-0.25, -0.2) is 8.42 Å². The van der Waals surface area contributed by atoms with Crippen LogP contribution < -0.4 is 0 Å². The van der Waals surface area contributed by atoms with Crippen LogP contribution in [0.15, 0.2) is 35.2 Å². The first-order valence-corrected chi connectivity index (χ1v) is 10.5. The van der Waals surface area contributed by atoms with Crippen LogP contribution in [-0.4, -0.2) is 74.2 Å². The number of carbonyl (C=O) groups is 1. The fourth-order valence-corrected chi connectivity index (χ4v) is 5.19. The second-order valence-corrected chi connectivity index (χ2v) is 8.71. The molecule has 7 heteroatoms. The average molecular weight is 365 g/mol. The standard InChI is InChI=1S/C18H27N3O3S/c1-2-19-11-13-20(14-12-19)18(22)16-7-6-10-21(15-16)25(23,24)17-8-4-3-5-9-17/h3-5,8-9,16H,2,6-7,10-15H2,1H3/t16-/m1/s1. The number of nitrogens with zero attached hydrogens (tertiary/aromatic N) is 3. The van der Waals surface area contributed by atoms with Crippen LogP contribution in [0.25, 0.3) is 0 Å². The molecule has 1 aromatic rings. The first-order chi connectivity index (χ1) is 12.0. The van der Waals surface area contributed by atoms with Crippen LogP contribution in [0, 0.1) is 5.92 Å². The van der Waals surface area contributed by atoms with Gasteiger partial charge >= 0.3 is 0 Å². The largest absolute Gasteiger partial charge is 0.340 e. The highest BCUT2D eigenvalue weighted by molar-refractivity contribution is 7.89. The SMILES string of the molecule is CCN1CCN(C(=O)[C@@H]2CCCN(S(=O)(=O)c3ccccc3)C2)CC1. The first-order valence-electron chi connectivity index (χ1n) is 9.08. The summed E-state index contributed by atoms with van der Waals surface area (Å²) in [6.45, 7) is 7.22. The summed E-state index contributed by atoms with van der Waals surface area (Å²) in [6, 6.07) is 8.49. The lowest BCUT2D eigenvalue weighted by Gasteiger charge is -2.38. The molecule has 0 aliphatic carbocycles. The van der Waals surface area contributed by atoms with Crippen molar-refractivity contribution < 1.29 is 13.2 Å². The minimum atomic E-state index is -3.52. The summed E-state index contributed by atoms with van der Waals surface area (Å²) in [4.78, 5) is 17.4. The van der Waals surface area contributed by atoms with Crippen molar-refractivity contribution >= 4 is 15.9 Å². The van der Waals surface area contributed by atoms with Gasteiger partial charge in [0.05, 0.1) is 10.8 Å². The van der Waals surface area contributed by atoms with E-state index >= 15 is 0 Å². The lowest BCUT2D eigenvalue weighted by atomic mass is 9.98. The maximum Gasteiger partial charge on any atom is 0.243 e. The summed E-state index contributed by atoms with van der Waals surface area (Å²) in [5, 5.41) is 0. The van der Waals surface area contributed by atoms with Gasteiger partial charge in [0.2, 0.25) is 15.9 Å². The number of piperidine rings is 1. The van der Waals surface area contributed by atoms with Gasteiger partial charge in [0.25, 0.3) is 0 Å². The molecule has 25 heavy (non-hydrogen) atoms. The summed E-state index contributed by atoms with van der Waals surface area (Å²) in [5.41, 5.74) is 0. The number of hydrogen-bond acceptors (Lipinski definition) is 4. The number of sulfonamides is 1. The maximum absolute atomic E-state index is 12.8. The minimum absolute atomic E-state index is 0.115. The predicted molar refractivity (Wildman–Crippen MR) is 96.6 cm³/mol. The third kappa shape index (κ3) is 4.04. The molecule has 3 rings (SSSR count). The van der Waals surface area contributed by atoms with Crippen LogP contribution in [0.4, 0.5) is 0 Å². The molecule has 0 bridgehead atoms. The van der Waals surface area contributed by atoms with Gasteiger partial charge in [0, 0.05) is 39.3 Å². The highest BCUT2D eigenvalue weighted by Gasteiger charge is 2.35. The van der Waals surface area contributed by atoms with Crippen molar-refractivity contribution in [1.29, 1.82) is 0 Å². The van der Waals surface area contributed by atoms with E-state index in [2.05, 4.69) is 11.8 Å². The number of likely N-dealkylation sites (N-methyl/N-ethyl adjacent to an activating group) is 1. The van der Waals surface area contributed by atoms with Crippen LogP contribution >= 0.6 is 0 Å². The molecule has 0 saturated carbocycles. The molecule has 0 aromatic heterocycles. The molecule has 0 spiro atoms. The molecule has 1 aromatic carbocycles. The van der Waals surface area contributed by atoms with Gasteiger partial charge in [0.1, 0.15) is 0 Å². The Hall–Kier alpha value is -1.44. The Kier molecular flexibility index (Phi) is 5.76. The van der Waals surface area contributed by atoms with Crippen molar-refractivity contribution in [3.63, 3.8) is 0 Å². The molecular weight excluding hydrogens is 338 g/mol. The van der Waals surface area contributed by atoms with Crippen LogP contribution in [0.2, 0.25) is 0 Å². The number of carbonyl (C=O) groups excluding carboxylic acids is 1. The smallest absolute Gasteiger partial charge is 0.243 e. The summed E-state index contributed by atoms with van der Waals surface area (Å²) in [5.74, 6) is -0.107. The zero-order valence-electron chi connectivity index (χ0n) is 14.8. The number of benzene rings is 1. The molecule has 2 aliphatic heterocycles.